The van der Waals surface area contributed by atoms with Crippen LogP contribution in [0.25, 0.3) is 0 Å². The Bertz CT molecular complexity index is 798. The molecule has 0 bridgehead atoms. The van der Waals surface area contributed by atoms with Crippen molar-refractivity contribution < 1.29 is 14.2 Å². The van der Waals surface area contributed by atoms with Gasteiger partial charge in [-0.25, -0.2) is 0 Å². The predicted octanol–water partition coefficient (Wildman–Crippen LogP) is 3.37. The van der Waals surface area contributed by atoms with Crippen LogP contribution in [0.15, 0.2) is 66.2 Å². The highest BCUT2D eigenvalue weighted by molar-refractivity contribution is 14.0. The highest BCUT2D eigenvalue weighted by atomic mass is 127. The molecule has 3 rings (SSSR count). The Morgan fingerprint density at radius 3 is 2.71 bits per heavy atom. The standard InChI is InChI=1S/C21H25N3O3.HI/c1-3-12-25-18-9-5-4-8-16(18)13-23-21(22-2)24-14-17-15-26-19-10-6-7-11-20(19)27-17;/h3-11,17H,1,12-15H2,2H3,(H2,22,23,24);1H. The third-order valence-corrected chi connectivity index (χ3v) is 4.06. The monoisotopic (exact) mass is 495 g/mol. The molecular weight excluding hydrogens is 469 g/mol. The van der Waals surface area contributed by atoms with Gasteiger partial charge in [-0.05, 0) is 18.2 Å². The van der Waals surface area contributed by atoms with Gasteiger partial charge in [0.05, 0.1) is 6.54 Å². The summed E-state index contributed by atoms with van der Waals surface area (Å²) in [6.45, 7) is 5.84. The quantitative estimate of drug-likeness (QED) is 0.267. The smallest absolute Gasteiger partial charge is 0.191 e. The van der Waals surface area contributed by atoms with Gasteiger partial charge in [0.25, 0.3) is 0 Å². The van der Waals surface area contributed by atoms with Crippen molar-refractivity contribution in [1.82, 2.24) is 10.6 Å². The Balaban J connectivity index is 0.00000280. The van der Waals surface area contributed by atoms with E-state index in [0.29, 0.717) is 32.3 Å². The number of nitrogens with zero attached hydrogens (tertiary/aromatic N) is 1. The molecule has 0 radical (unpaired) electrons. The van der Waals surface area contributed by atoms with Gasteiger partial charge < -0.3 is 24.8 Å². The van der Waals surface area contributed by atoms with Crippen molar-refractivity contribution in [2.75, 3.05) is 26.8 Å². The van der Waals surface area contributed by atoms with Crippen LogP contribution in [0, 0.1) is 0 Å². The van der Waals surface area contributed by atoms with Gasteiger partial charge in [-0.2, -0.15) is 0 Å². The number of guanidine groups is 1. The summed E-state index contributed by atoms with van der Waals surface area (Å²) in [5, 5.41) is 6.58. The number of ether oxygens (including phenoxy) is 3. The fraction of sp³-hybridized carbons (Fsp3) is 0.286. The van der Waals surface area contributed by atoms with Crippen LogP contribution in [0.3, 0.4) is 0 Å². The summed E-state index contributed by atoms with van der Waals surface area (Å²) in [5.41, 5.74) is 1.05. The van der Waals surface area contributed by atoms with Crippen LogP contribution in [-0.2, 0) is 6.54 Å². The van der Waals surface area contributed by atoms with E-state index in [2.05, 4.69) is 22.2 Å². The van der Waals surface area contributed by atoms with Gasteiger partial charge in [0.2, 0.25) is 0 Å². The van der Waals surface area contributed by atoms with E-state index in [4.69, 9.17) is 14.2 Å². The summed E-state index contributed by atoms with van der Waals surface area (Å²) in [7, 11) is 1.74. The molecule has 2 N–H and O–H groups in total. The van der Waals surface area contributed by atoms with Gasteiger partial charge in [-0.15, -0.1) is 24.0 Å². The number of halogens is 1. The summed E-state index contributed by atoms with van der Waals surface area (Å²) in [6, 6.07) is 15.6. The molecule has 0 spiro atoms. The third-order valence-electron chi connectivity index (χ3n) is 4.06. The second-order valence-corrected chi connectivity index (χ2v) is 6.01. The summed E-state index contributed by atoms with van der Waals surface area (Å²) < 4.78 is 17.4. The zero-order valence-electron chi connectivity index (χ0n) is 15.9. The molecule has 2 aromatic rings. The number of rotatable bonds is 7. The minimum Gasteiger partial charge on any atom is -0.489 e. The number of aliphatic imine (C=N–C) groups is 1. The van der Waals surface area contributed by atoms with Crippen molar-refractivity contribution in [2.45, 2.75) is 12.6 Å². The molecule has 0 aromatic heterocycles. The van der Waals surface area contributed by atoms with Crippen molar-refractivity contribution in [3.8, 4) is 17.2 Å². The van der Waals surface area contributed by atoms with Crippen molar-refractivity contribution >= 4 is 29.9 Å². The zero-order valence-corrected chi connectivity index (χ0v) is 18.2. The maximum Gasteiger partial charge on any atom is 0.191 e. The maximum absolute atomic E-state index is 5.95. The lowest BCUT2D eigenvalue weighted by molar-refractivity contribution is 0.0936. The molecule has 150 valence electrons. The molecule has 1 aliphatic heterocycles. The zero-order chi connectivity index (χ0) is 18.9. The van der Waals surface area contributed by atoms with E-state index in [1.165, 1.54) is 0 Å². The van der Waals surface area contributed by atoms with Crippen LogP contribution in [0.2, 0.25) is 0 Å². The Labute approximate surface area is 183 Å². The van der Waals surface area contributed by atoms with Crippen molar-refractivity contribution in [2.24, 2.45) is 4.99 Å². The van der Waals surface area contributed by atoms with E-state index in [9.17, 15) is 0 Å². The van der Waals surface area contributed by atoms with E-state index < -0.39 is 0 Å². The fourth-order valence-electron chi connectivity index (χ4n) is 2.71. The van der Waals surface area contributed by atoms with Gasteiger partial charge >= 0.3 is 0 Å². The number of nitrogens with one attached hydrogen (secondary N) is 2. The minimum absolute atomic E-state index is 0. The summed E-state index contributed by atoms with van der Waals surface area (Å²) in [4.78, 5) is 4.26. The van der Waals surface area contributed by atoms with E-state index >= 15 is 0 Å². The van der Waals surface area contributed by atoms with E-state index in [-0.39, 0.29) is 30.1 Å². The SMILES string of the molecule is C=CCOc1ccccc1CNC(=NC)NCC1COc2ccccc2O1.I. The maximum atomic E-state index is 5.95. The average Bonchev–Trinajstić information content (AvgIpc) is 2.73. The summed E-state index contributed by atoms with van der Waals surface area (Å²) in [6.07, 6.45) is 1.65. The van der Waals surface area contributed by atoms with Crippen LogP contribution in [0.4, 0.5) is 0 Å². The topological polar surface area (TPSA) is 64.1 Å². The van der Waals surface area contributed by atoms with Crippen LogP contribution >= 0.6 is 24.0 Å². The summed E-state index contributed by atoms with van der Waals surface area (Å²) in [5.74, 6) is 3.08. The molecule has 1 atom stereocenters. The second kappa shape index (κ2) is 11.4. The normalized spacial score (nSPS) is 15.2. The molecule has 1 heterocycles. The largest absolute Gasteiger partial charge is 0.489 e. The molecule has 0 amide bonds. The molecule has 0 saturated carbocycles. The van der Waals surface area contributed by atoms with E-state index in [1.54, 1.807) is 13.1 Å². The number of fused-ring (bicyclic) bond motifs is 1. The van der Waals surface area contributed by atoms with Gasteiger partial charge in [-0.3, -0.25) is 4.99 Å². The van der Waals surface area contributed by atoms with Crippen LogP contribution in [-0.4, -0.2) is 38.9 Å². The van der Waals surface area contributed by atoms with Crippen LogP contribution in [0.1, 0.15) is 5.56 Å². The van der Waals surface area contributed by atoms with Crippen molar-refractivity contribution in [3.63, 3.8) is 0 Å². The molecule has 2 aromatic carbocycles. The first kappa shape index (κ1) is 21.9. The lowest BCUT2D eigenvalue weighted by Gasteiger charge is -2.27. The third kappa shape index (κ3) is 6.05. The first-order valence-electron chi connectivity index (χ1n) is 8.94. The Morgan fingerprint density at radius 1 is 1.18 bits per heavy atom. The van der Waals surface area contributed by atoms with E-state index in [0.717, 1.165) is 22.8 Å². The predicted molar refractivity (Wildman–Crippen MR) is 122 cm³/mol. The summed E-state index contributed by atoms with van der Waals surface area (Å²) >= 11 is 0. The van der Waals surface area contributed by atoms with Gasteiger partial charge in [0, 0.05) is 19.2 Å². The molecular formula is C21H26IN3O3. The van der Waals surface area contributed by atoms with Crippen molar-refractivity contribution in [3.05, 3.63) is 66.7 Å². The minimum atomic E-state index is -0.0818. The average molecular weight is 495 g/mol. The lowest BCUT2D eigenvalue weighted by Crippen LogP contribution is -2.45. The highest BCUT2D eigenvalue weighted by Crippen LogP contribution is 2.30. The van der Waals surface area contributed by atoms with Crippen molar-refractivity contribution in [1.29, 1.82) is 0 Å². The Kier molecular flexibility index (Phi) is 8.93. The van der Waals surface area contributed by atoms with Gasteiger partial charge in [0.1, 0.15) is 25.1 Å². The number of hydrogen-bond donors (Lipinski definition) is 2. The Hall–Kier alpha value is -2.42. The van der Waals surface area contributed by atoms with Crippen LogP contribution < -0.4 is 24.8 Å². The molecule has 0 aliphatic carbocycles. The lowest BCUT2D eigenvalue weighted by atomic mass is 10.2. The van der Waals surface area contributed by atoms with Gasteiger partial charge in [0.15, 0.2) is 17.5 Å². The number of para-hydroxylation sites is 3. The molecule has 0 saturated heterocycles. The second-order valence-electron chi connectivity index (χ2n) is 6.01. The van der Waals surface area contributed by atoms with Gasteiger partial charge in [-0.1, -0.05) is 43.0 Å². The first-order chi connectivity index (χ1) is 13.3. The van der Waals surface area contributed by atoms with E-state index in [1.807, 2.05) is 48.5 Å². The molecule has 1 unspecified atom stereocenters. The first-order valence-corrected chi connectivity index (χ1v) is 8.94. The fourth-order valence-corrected chi connectivity index (χ4v) is 2.71. The molecule has 7 heteroatoms. The Morgan fingerprint density at radius 2 is 1.93 bits per heavy atom. The highest BCUT2D eigenvalue weighted by Gasteiger charge is 2.20. The molecule has 0 fully saturated rings. The number of benzene rings is 2. The van der Waals surface area contributed by atoms with Crippen LogP contribution in [0.5, 0.6) is 17.2 Å². The number of hydrogen-bond acceptors (Lipinski definition) is 4. The molecule has 1 aliphatic rings. The molecule has 6 nitrogen and oxygen atoms in total. The molecule has 28 heavy (non-hydrogen) atoms.